The Kier molecular flexibility index (Phi) is 5.70. The minimum absolute atomic E-state index is 0.0187. The van der Waals surface area contributed by atoms with Gasteiger partial charge in [0.25, 0.3) is 0 Å². The number of nitrogens with two attached hydrogens (primary N) is 1. The summed E-state index contributed by atoms with van der Waals surface area (Å²) in [5.74, 6) is 1.12. The van der Waals surface area contributed by atoms with Gasteiger partial charge in [-0.2, -0.15) is 5.10 Å². The molecule has 4 N–H and O–H groups in total. The van der Waals surface area contributed by atoms with Gasteiger partial charge in [-0.15, -0.1) is 11.3 Å². The molecular weight excluding hydrogens is 412 g/mol. The highest BCUT2D eigenvalue weighted by Crippen LogP contribution is 2.37. The van der Waals surface area contributed by atoms with E-state index >= 15 is 0 Å². The normalized spacial score (nSPS) is 16.6. The lowest BCUT2D eigenvalue weighted by Crippen LogP contribution is -2.35. The summed E-state index contributed by atoms with van der Waals surface area (Å²) in [6.07, 6.45) is 4.31. The van der Waals surface area contributed by atoms with Crippen LogP contribution in [0, 0.1) is 0 Å². The molecule has 0 fully saturated rings. The predicted molar refractivity (Wildman–Crippen MR) is 113 cm³/mol. The van der Waals surface area contributed by atoms with Crippen molar-refractivity contribution in [3.05, 3.63) is 46.6 Å². The van der Waals surface area contributed by atoms with E-state index in [-0.39, 0.29) is 18.1 Å². The molecule has 0 radical (unpaired) electrons. The summed E-state index contributed by atoms with van der Waals surface area (Å²) < 4.78 is 7.42. The highest BCUT2D eigenvalue weighted by molar-refractivity contribution is 7.13. The molecule has 10 heteroatoms. The van der Waals surface area contributed by atoms with Crippen molar-refractivity contribution in [1.82, 2.24) is 20.1 Å². The smallest absolute Gasteiger partial charge is 0.320 e. The molecule has 1 aromatic carbocycles. The average Bonchev–Trinajstić information content (AvgIpc) is 3.31. The number of amides is 2. The first-order valence-corrected chi connectivity index (χ1v) is 10.5. The maximum absolute atomic E-state index is 12.5. The highest BCUT2D eigenvalue weighted by Gasteiger charge is 2.25. The van der Waals surface area contributed by atoms with Crippen LogP contribution in [-0.2, 0) is 6.54 Å². The van der Waals surface area contributed by atoms with Crippen molar-refractivity contribution in [2.75, 3.05) is 11.9 Å². The van der Waals surface area contributed by atoms with Crippen LogP contribution >= 0.6 is 22.9 Å². The van der Waals surface area contributed by atoms with E-state index in [1.807, 2.05) is 25.3 Å². The van der Waals surface area contributed by atoms with Gasteiger partial charge in [0.15, 0.2) is 0 Å². The Balaban J connectivity index is 1.40. The fraction of sp³-hybridized carbons (Fsp3) is 0.316. The average molecular weight is 433 g/mol. The number of benzene rings is 1. The summed E-state index contributed by atoms with van der Waals surface area (Å²) >= 11 is 7.63. The zero-order valence-corrected chi connectivity index (χ0v) is 17.3. The molecule has 0 saturated carbocycles. The fourth-order valence-corrected chi connectivity index (χ4v) is 4.14. The van der Waals surface area contributed by atoms with Crippen molar-refractivity contribution in [2.45, 2.75) is 32.0 Å². The Morgan fingerprint density at radius 3 is 3.21 bits per heavy atom. The summed E-state index contributed by atoms with van der Waals surface area (Å²) in [6.45, 7) is 3.06. The van der Waals surface area contributed by atoms with Crippen molar-refractivity contribution >= 4 is 34.8 Å². The van der Waals surface area contributed by atoms with Gasteiger partial charge in [-0.05, 0) is 13.0 Å². The molecule has 0 saturated heterocycles. The van der Waals surface area contributed by atoms with Gasteiger partial charge in [-0.25, -0.2) is 9.78 Å². The lowest BCUT2D eigenvalue weighted by molar-refractivity contribution is 0.232. The standard InChI is InChI=1S/C19H21ClN6O2S/c1-11(21)8-26-9-12(7-22-26)18-24-16(10-29-18)25-19(27)23-15-5-6-28-17-13(15)3-2-4-14(17)20/h2-4,7,9-11,15H,5-6,8,21H2,1H3,(H2,23,25,27)/t11?,15-/m0/s1. The van der Waals surface area contributed by atoms with Crippen LogP contribution in [0.1, 0.15) is 24.9 Å². The van der Waals surface area contributed by atoms with Crippen LogP contribution in [0.5, 0.6) is 5.75 Å². The predicted octanol–water partition coefficient (Wildman–Crippen LogP) is 3.65. The van der Waals surface area contributed by atoms with Crippen LogP contribution in [0.4, 0.5) is 10.6 Å². The molecule has 1 unspecified atom stereocenters. The van der Waals surface area contributed by atoms with Gasteiger partial charge in [-0.3, -0.25) is 10.00 Å². The Morgan fingerprint density at radius 2 is 2.38 bits per heavy atom. The van der Waals surface area contributed by atoms with E-state index in [1.54, 1.807) is 22.3 Å². The van der Waals surface area contributed by atoms with Crippen molar-refractivity contribution in [2.24, 2.45) is 5.73 Å². The van der Waals surface area contributed by atoms with Crippen molar-refractivity contribution in [3.63, 3.8) is 0 Å². The molecule has 1 aliphatic rings. The quantitative estimate of drug-likeness (QED) is 0.570. The lowest BCUT2D eigenvalue weighted by Gasteiger charge is -2.27. The van der Waals surface area contributed by atoms with Crippen molar-refractivity contribution in [1.29, 1.82) is 0 Å². The second-order valence-corrected chi connectivity index (χ2v) is 8.18. The van der Waals surface area contributed by atoms with Gasteiger partial charge in [0.1, 0.15) is 16.6 Å². The number of anilines is 1. The molecule has 3 heterocycles. The summed E-state index contributed by atoms with van der Waals surface area (Å²) in [5, 5.41) is 13.2. The van der Waals surface area contributed by atoms with Gasteiger partial charge in [-0.1, -0.05) is 23.7 Å². The van der Waals surface area contributed by atoms with Crippen molar-refractivity contribution < 1.29 is 9.53 Å². The van der Waals surface area contributed by atoms with Gasteiger partial charge in [0.2, 0.25) is 0 Å². The number of nitrogens with zero attached hydrogens (tertiary/aromatic N) is 3. The SMILES string of the molecule is CC(N)Cn1cc(-c2nc(NC(=O)N[C@H]3CCOc4c(Cl)cccc43)cs2)cn1. The number of halogens is 1. The van der Waals surface area contributed by atoms with Crippen LogP contribution in [0.25, 0.3) is 10.6 Å². The molecule has 3 aromatic rings. The molecular formula is C19H21ClN6O2S. The van der Waals surface area contributed by atoms with E-state index in [4.69, 9.17) is 22.1 Å². The number of hydrogen-bond donors (Lipinski definition) is 3. The van der Waals surface area contributed by atoms with Crippen LogP contribution in [0.15, 0.2) is 36.0 Å². The largest absolute Gasteiger partial charge is 0.492 e. The molecule has 8 nitrogen and oxygen atoms in total. The number of ether oxygens (including phenoxy) is 1. The lowest BCUT2D eigenvalue weighted by atomic mass is 10.0. The fourth-order valence-electron chi connectivity index (χ4n) is 3.18. The number of thiazole rings is 1. The molecule has 0 spiro atoms. The molecule has 0 aliphatic carbocycles. The molecule has 2 amide bonds. The van der Waals surface area contributed by atoms with Gasteiger partial charge in [0.05, 0.1) is 30.4 Å². The molecule has 2 aromatic heterocycles. The van der Waals surface area contributed by atoms with E-state index in [1.165, 1.54) is 11.3 Å². The third kappa shape index (κ3) is 4.52. The van der Waals surface area contributed by atoms with Crippen LogP contribution < -0.4 is 21.1 Å². The van der Waals surface area contributed by atoms with E-state index in [2.05, 4.69) is 20.7 Å². The zero-order chi connectivity index (χ0) is 20.4. The maximum atomic E-state index is 12.5. The van der Waals surface area contributed by atoms with E-state index in [9.17, 15) is 4.79 Å². The van der Waals surface area contributed by atoms with Gasteiger partial charge >= 0.3 is 6.03 Å². The number of hydrogen-bond acceptors (Lipinski definition) is 6. The second kappa shape index (κ2) is 8.40. The monoisotopic (exact) mass is 432 g/mol. The molecule has 29 heavy (non-hydrogen) atoms. The number of nitrogens with one attached hydrogen (secondary N) is 2. The topological polar surface area (TPSA) is 107 Å². The Labute approximate surface area is 177 Å². The Bertz CT molecular complexity index is 1020. The first-order chi connectivity index (χ1) is 14.0. The Hall–Kier alpha value is -2.62. The minimum atomic E-state index is -0.327. The summed E-state index contributed by atoms with van der Waals surface area (Å²) in [6, 6.07) is 5.05. The Morgan fingerprint density at radius 1 is 1.52 bits per heavy atom. The second-order valence-electron chi connectivity index (χ2n) is 6.91. The summed E-state index contributed by atoms with van der Waals surface area (Å²) in [5.41, 5.74) is 7.56. The number of urea groups is 1. The number of para-hydroxylation sites is 1. The third-order valence-corrected chi connectivity index (χ3v) is 5.62. The van der Waals surface area contributed by atoms with E-state index < -0.39 is 0 Å². The van der Waals surface area contributed by atoms with E-state index in [0.29, 0.717) is 36.2 Å². The minimum Gasteiger partial charge on any atom is -0.492 e. The van der Waals surface area contributed by atoms with Gasteiger partial charge in [0, 0.05) is 35.2 Å². The summed E-state index contributed by atoms with van der Waals surface area (Å²) in [4.78, 5) is 17.0. The van der Waals surface area contributed by atoms with Crippen LogP contribution in [0.3, 0.4) is 0 Å². The number of fused-ring (bicyclic) bond motifs is 1. The molecule has 4 rings (SSSR count). The third-order valence-electron chi connectivity index (χ3n) is 4.43. The van der Waals surface area contributed by atoms with Crippen LogP contribution in [0.2, 0.25) is 5.02 Å². The zero-order valence-electron chi connectivity index (χ0n) is 15.8. The molecule has 152 valence electrons. The maximum Gasteiger partial charge on any atom is 0.320 e. The number of rotatable bonds is 5. The molecule has 1 aliphatic heterocycles. The van der Waals surface area contributed by atoms with E-state index in [0.717, 1.165) is 16.1 Å². The number of aromatic nitrogens is 3. The number of carbonyl (C=O) groups is 1. The van der Waals surface area contributed by atoms with Crippen molar-refractivity contribution in [3.8, 4) is 16.3 Å². The number of carbonyl (C=O) groups excluding carboxylic acids is 1. The first-order valence-electron chi connectivity index (χ1n) is 9.22. The molecule has 2 atom stereocenters. The molecule has 0 bridgehead atoms. The first kappa shape index (κ1) is 19.7. The van der Waals surface area contributed by atoms with Gasteiger partial charge < -0.3 is 15.8 Å². The summed E-state index contributed by atoms with van der Waals surface area (Å²) in [7, 11) is 0. The highest BCUT2D eigenvalue weighted by atomic mass is 35.5. The van der Waals surface area contributed by atoms with Crippen LogP contribution in [-0.4, -0.2) is 33.4 Å².